The molecule has 2 aromatic rings. The van der Waals surface area contributed by atoms with E-state index in [1.54, 1.807) is 24.3 Å². The van der Waals surface area contributed by atoms with Gasteiger partial charge < -0.3 is 23.8 Å². The van der Waals surface area contributed by atoms with Gasteiger partial charge in [-0.2, -0.15) is 0 Å². The van der Waals surface area contributed by atoms with Crippen LogP contribution in [0.1, 0.15) is 102 Å². The summed E-state index contributed by atoms with van der Waals surface area (Å²) in [6.07, 6.45) is 12.9. The molecule has 2 heterocycles. The van der Waals surface area contributed by atoms with Crippen LogP contribution in [-0.2, 0) is 34.2 Å². The van der Waals surface area contributed by atoms with E-state index in [0.717, 1.165) is 30.2 Å². The lowest BCUT2D eigenvalue weighted by atomic mass is 9.85. The van der Waals surface area contributed by atoms with E-state index >= 15 is 0 Å². The molecule has 3 fully saturated rings. The zero-order valence-electron chi connectivity index (χ0n) is 27.8. The first kappa shape index (κ1) is 37.5. The summed E-state index contributed by atoms with van der Waals surface area (Å²) >= 11 is 4.64. The minimum Gasteiger partial charge on any atom is -0.481 e. The maximum atomic E-state index is 14.3. The van der Waals surface area contributed by atoms with Crippen LogP contribution in [0, 0.1) is 0 Å². The lowest BCUT2D eigenvalue weighted by molar-refractivity contribution is -0.967. The SMILES string of the molecule is C1CCC1.CCCC1CC(OC(=O)C(OCOC(=O)CCC(=O)O)(c2ccccc2)c2ccccc2)CC(C)[N+]12CCCC2.CCl. The molecule has 0 aromatic heterocycles. The van der Waals surface area contributed by atoms with E-state index < -0.39 is 30.3 Å². The topological polar surface area (TPSA) is 99.1 Å². The van der Waals surface area contributed by atoms with Crippen LogP contribution in [0.2, 0.25) is 0 Å². The lowest BCUT2D eigenvalue weighted by Gasteiger charge is -2.51. The summed E-state index contributed by atoms with van der Waals surface area (Å²) in [4.78, 5) is 37.4. The minimum atomic E-state index is -1.67. The van der Waals surface area contributed by atoms with Gasteiger partial charge in [-0.3, -0.25) is 9.59 Å². The van der Waals surface area contributed by atoms with Gasteiger partial charge in [0.1, 0.15) is 6.10 Å². The summed E-state index contributed by atoms with van der Waals surface area (Å²) in [5.74, 6) is -2.35. The van der Waals surface area contributed by atoms with Crippen molar-refractivity contribution in [1.29, 1.82) is 0 Å². The normalized spacial score (nSPS) is 21.4. The number of carbonyl (C=O) groups excluding carboxylic acids is 2. The fraction of sp³-hybridized carbons (Fsp3) is 0.595. The number of esters is 2. The number of rotatable bonds is 12. The molecule has 9 heteroatoms. The Morgan fingerprint density at radius 1 is 0.848 bits per heavy atom. The number of alkyl halides is 1. The third-order valence-electron chi connectivity index (χ3n) is 9.72. The number of benzene rings is 2. The summed E-state index contributed by atoms with van der Waals surface area (Å²) in [5, 5.41) is 8.88. The van der Waals surface area contributed by atoms with Gasteiger partial charge in [-0.1, -0.05) is 99.7 Å². The number of nitrogens with zero attached hydrogens (tertiary/aromatic N) is 1. The Kier molecular flexibility index (Phi) is 15.5. The highest BCUT2D eigenvalue weighted by Crippen LogP contribution is 2.41. The van der Waals surface area contributed by atoms with Crippen molar-refractivity contribution in [3.63, 3.8) is 0 Å². The third kappa shape index (κ3) is 9.55. The molecule has 2 aromatic carbocycles. The van der Waals surface area contributed by atoms with Gasteiger partial charge in [0.15, 0.2) is 6.79 Å². The molecule has 0 amide bonds. The van der Waals surface area contributed by atoms with Crippen molar-refractivity contribution in [2.24, 2.45) is 0 Å². The van der Waals surface area contributed by atoms with E-state index in [-0.39, 0.29) is 18.9 Å². The predicted octanol–water partition coefficient (Wildman–Crippen LogP) is 7.60. The second-order valence-electron chi connectivity index (χ2n) is 12.5. The van der Waals surface area contributed by atoms with E-state index in [1.807, 2.05) is 36.4 Å². The number of aliphatic carboxylic acids is 1. The molecule has 3 atom stereocenters. The largest absolute Gasteiger partial charge is 0.481 e. The van der Waals surface area contributed by atoms with E-state index in [0.29, 0.717) is 23.2 Å². The van der Waals surface area contributed by atoms with Crippen molar-refractivity contribution in [2.75, 3.05) is 26.3 Å². The highest BCUT2D eigenvalue weighted by atomic mass is 35.5. The van der Waals surface area contributed by atoms with E-state index in [2.05, 4.69) is 25.4 Å². The Labute approximate surface area is 279 Å². The average molecular weight is 659 g/mol. The van der Waals surface area contributed by atoms with Crippen LogP contribution >= 0.6 is 11.6 Å². The van der Waals surface area contributed by atoms with Gasteiger partial charge in [-0.15, -0.1) is 11.6 Å². The monoisotopic (exact) mass is 658 g/mol. The Hall–Kier alpha value is -2.94. The van der Waals surface area contributed by atoms with Crippen molar-refractivity contribution in [3.05, 3.63) is 71.8 Å². The third-order valence-corrected chi connectivity index (χ3v) is 9.72. The van der Waals surface area contributed by atoms with Crippen LogP contribution in [0.15, 0.2) is 60.7 Å². The lowest BCUT2D eigenvalue weighted by Crippen LogP contribution is -2.63. The fourth-order valence-electron chi connectivity index (χ4n) is 7.02. The highest BCUT2D eigenvalue weighted by Gasteiger charge is 2.52. The second kappa shape index (κ2) is 19.0. The van der Waals surface area contributed by atoms with Gasteiger partial charge >= 0.3 is 17.9 Å². The number of ether oxygens (including phenoxy) is 3. The van der Waals surface area contributed by atoms with Crippen LogP contribution in [0.3, 0.4) is 0 Å². The summed E-state index contributed by atoms with van der Waals surface area (Å²) < 4.78 is 18.9. The van der Waals surface area contributed by atoms with Crippen molar-refractivity contribution < 1.29 is 38.2 Å². The number of piperidine rings is 1. The number of quaternary nitrogens is 1. The molecule has 5 rings (SSSR count). The van der Waals surface area contributed by atoms with Gasteiger partial charge in [0, 0.05) is 32.1 Å². The fourth-order valence-corrected chi connectivity index (χ4v) is 7.02. The number of halogens is 1. The summed E-state index contributed by atoms with van der Waals surface area (Å²) in [7, 11) is 0. The molecule has 8 nitrogen and oxygen atoms in total. The molecule has 1 N–H and O–H groups in total. The minimum absolute atomic E-state index is 0.253. The van der Waals surface area contributed by atoms with E-state index in [9.17, 15) is 14.4 Å². The molecule has 1 saturated carbocycles. The molecule has 2 saturated heterocycles. The quantitative estimate of drug-likeness (QED) is 0.109. The maximum Gasteiger partial charge on any atom is 0.348 e. The second-order valence-corrected chi connectivity index (χ2v) is 12.5. The molecular weight excluding hydrogens is 606 g/mol. The molecule has 0 bridgehead atoms. The van der Waals surface area contributed by atoms with Crippen molar-refractivity contribution in [3.8, 4) is 0 Å². The van der Waals surface area contributed by atoms with E-state index in [4.69, 9.17) is 19.3 Å². The summed E-state index contributed by atoms with van der Waals surface area (Å²) in [5.41, 5.74) is -0.550. The maximum absolute atomic E-state index is 14.3. The summed E-state index contributed by atoms with van der Waals surface area (Å²) in [6.45, 7) is 6.37. The van der Waals surface area contributed by atoms with Crippen LogP contribution in [0.25, 0.3) is 0 Å². The molecule has 1 aliphatic carbocycles. The predicted molar refractivity (Wildman–Crippen MR) is 179 cm³/mol. The van der Waals surface area contributed by atoms with Gasteiger partial charge in [0.05, 0.1) is 38.0 Å². The first-order chi connectivity index (χ1) is 22.3. The number of carbonyl (C=O) groups is 3. The first-order valence-electron chi connectivity index (χ1n) is 16.9. The van der Waals surface area contributed by atoms with Gasteiger partial charge in [0.25, 0.3) is 0 Å². The molecule has 254 valence electrons. The average Bonchev–Trinajstić information content (AvgIpc) is 3.53. The number of hydrogen-bond donors (Lipinski definition) is 1. The first-order valence-corrected chi connectivity index (χ1v) is 17.6. The molecule has 2 aliphatic heterocycles. The Bertz CT molecular complexity index is 1160. The van der Waals surface area contributed by atoms with Gasteiger partial charge in [-0.25, -0.2) is 4.79 Å². The zero-order chi connectivity index (χ0) is 33.4. The molecule has 0 radical (unpaired) electrons. The van der Waals surface area contributed by atoms with Gasteiger partial charge in [0.2, 0.25) is 5.60 Å². The van der Waals surface area contributed by atoms with E-state index in [1.165, 1.54) is 58.0 Å². The van der Waals surface area contributed by atoms with Crippen LogP contribution in [0.5, 0.6) is 0 Å². The Morgan fingerprint density at radius 2 is 1.39 bits per heavy atom. The van der Waals surface area contributed by atoms with Crippen LogP contribution in [0.4, 0.5) is 0 Å². The number of hydrogen-bond acceptors (Lipinski definition) is 6. The molecule has 3 aliphatic rings. The molecule has 3 unspecified atom stereocenters. The van der Waals surface area contributed by atoms with Gasteiger partial charge in [-0.05, 0) is 24.5 Å². The van der Waals surface area contributed by atoms with Crippen LogP contribution in [-0.4, -0.2) is 72.0 Å². The van der Waals surface area contributed by atoms with Crippen molar-refractivity contribution in [1.82, 2.24) is 0 Å². The number of carboxylic acid groups (broad SMARTS) is 1. The van der Waals surface area contributed by atoms with Crippen LogP contribution < -0.4 is 0 Å². The number of carboxylic acids is 1. The van der Waals surface area contributed by atoms with Crippen molar-refractivity contribution >= 4 is 29.5 Å². The molecule has 46 heavy (non-hydrogen) atoms. The standard InChI is InChI=1S/C32H41NO7.C4H8.CH3Cl/c1-3-12-27-22-28(21-24(2)33(27)19-10-11-20-33)40-31(37)32(25-13-6-4-7-14-25,26-15-8-5-9-16-26)39-23-38-30(36)18-17-29(34)35;1-2-4-3-1;1-2/h4-9,13-16,24,27-28H,3,10-12,17-23H2,1-2H3;1-4H2;1H3/p+1. The Balaban J connectivity index is 0.000000874. The molecular formula is C37H53ClNO7+. The summed E-state index contributed by atoms with van der Waals surface area (Å²) in [6, 6.07) is 19.0. The zero-order valence-corrected chi connectivity index (χ0v) is 28.6. The molecule has 1 spiro atoms. The van der Waals surface area contributed by atoms with Crippen molar-refractivity contribution in [2.45, 2.75) is 115 Å². The Morgan fingerprint density at radius 3 is 1.87 bits per heavy atom. The smallest absolute Gasteiger partial charge is 0.348 e. The highest BCUT2D eigenvalue weighted by molar-refractivity contribution is 6.15.